The van der Waals surface area contributed by atoms with E-state index in [2.05, 4.69) is 0 Å². The van der Waals surface area contributed by atoms with Crippen LogP contribution in [-0.2, 0) is 16.1 Å². The Bertz CT molecular complexity index is 817. The summed E-state index contributed by atoms with van der Waals surface area (Å²) in [7, 11) is 1.60. The molecular formula is C21H25NO4. The van der Waals surface area contributed by atoms with Crippen molar-refractivity contribution in [3.05, 3.63) is 52.8 Å². The van der Waals surface area contributed by atoms with E-state index in [-0.39, 0.29) is 23.8 Å². The van der Waals surface area contributed by atoms with Crippen LogP contribution < -0.4 is 4.74 Å². The standard InChI is InChI=1S/C21H25NO4/c1-13(2)26-21(24)17-6-5-11-22-18(17)12-14(3)19(22)20(23)15-7-9-16(25-4)10-8-15/h7-10,12-13,17H,5-6,11H2,1-4H3. The Morgan fingerprint density at radius 3 is 2.50 bits per heavy atom. The van der Waals surface area contributed by atoms with Gasteiger partial charge in [-0.1, -0.05) is 0 Å². The topological polar surface area (TPSA) is 57.5 Å². The molecule has 5 nitrogen and oxygen atoms in total. The second-order valence-electron chi connectivity index (χ2n) is 6.99. The number of fused-ring (bicyclic) bond motifs is 1. The van der Waals surface area contributed by atoms with Gasteiger partial charge in [-0.15, -0.1) is 0 Å². The van der Waals surface area contributed by atoms with Crippen LogP contribution in [-0.4, -0.2) is 29.5 Å². The number of rotatable bonds is 5. The largest absolute Gasteiger partial charge is 0.497 e. The average molecular weight is 355 g/mol. The van der Waals surface area contributed by atoms with Gasteiger partial charge in [0.15, 0.2) is 0 Å². The Kier molecular flexibility index (Phi) is 5.16. The van der Waals surface area contributed by atoms with Gasteiger partial charge in [0.2, 0.25) is 5.78 Å². The third kappa shape index (κ3) is 3.39. The molecule has 2 heterocycles. The molecule has 0 fully saturated rings. The highest BCUT2D eigenvalue weighted by molar-refractivity contribution is 6.09. The number of nitrogens with zero attached hydrogens (tertiary/aromatic N) is 1. The highest BCUT2D eigenvalue weighted by Crippen LogP contribution is 2.33. The van der Waals surface area contributed by atoms with Gasteiger partial charge in [0.05, 0.1) is 24.8 Å². The lowest BCUT2D eigenvalue weighted by Crippen LogP contribution is -2.27. The van der Waals surface area contributed by atoms with Crippen molar-refractivity contribution >= 4 is 11.8 Å². The summed E-state index contributed by atoms with van der Waals surface area (Å²) in [6.07, 6.45) is 1.46. The number of methoxy groups -OCH3 is 1. The lowest BCUT2D eigenvalue weighted by Gasteiger charge is -2.25. The number of carbonyl (C=O) groups is 2. The van der Waals surface area contributed by atoms with Crippen LogP contribution in [0.4, 0.5) is 0 Å². The monoisotopic (exact) mass is 355 g/mol. The second kappa shape index (κ2) is 7.36. The fourth-order valence-corrected chi connectivity index (χ4v) is 3.57. The van der Waals surface area contributed by atoms with E-state index in [4.69, 9.17) is 9.47 Å². The Hall–Kier alpha value is -2.56. The summed E-state index contributed by atoms with van der Waals surface area (Å²) < 4.78 is 12.6. The van der Waals surface area contributed by atoms with Crippen molar-refractivity contribution in [3.63, 3.8) is 0 Å². The van der Waals surface area contributed by atoms with Gasteiger partial charge in [0.1, 0.15) is 5.75 Å². The average Bonchev–Trinajstić information content (AvgIpc) is 2.96. The maximum Gasteiger partial charge on any atom is 0.315 e. The molecule has 1 aromatic heterocycles. The minimum atomic E-state index is -0.303. The minimum Gasteiger partial charge on any atom is -0.497 e. The number of hydrogen-bond donors (Lipinski definition) is 0. The zero-order valence-corrected chi connectivity index (χ0v) is 15.7. The van der Waals surface area contributed by atoms with Gasteiger partial charge >= 0.3 is 5.97 Å². The lowest BCUT2D eigenvalue weighted by molar-refractivity contribution is -0.149. The molecule has 0 spiro atoms. The summed E-state index contributed by atoms with van der Waals surface area (Å²) in [5, 5.41) is 0. The van der Waals surface area contributed by atoms with Crippen LogP contribution in [0.5, 0.6) is 5.75 Å². The fourth-order valence-electron chi connectivity index (χ4n) is 3.57. The summed E-state index contributed by atoms with van der Waals surface area (Å²) in [4.78, 5) is 25.5. The van der Waals surface area contributed by atoms with Crippen molar-refractivity contribution in [2.45, 2.75) is 52.2 Å². The van der Waals surface area contributed by atoms with E-state index < -0.39 is 0 Å². The van der Waals surface area contributed by atoms with Crippen molar-refractivity contribution in [2.75, 3.05) is 7.11 Å². The third-order valence-electron chi connectivity index (χ3n) is 4.75. The van der Waals surface area contributed by atoms with Crippen molar-refractivity contribution < 1.29 is 19.1 Å². The molecule has 138 valence electrons. The van der Waals surface area contributed by atoms with Gasteiger partial charge in [-0.05, 0) is 69.5 Å². The van der Waals surface area contributed by atoms with E-state index in [0.717, 1.165) is 30.6 Å². The van der Waals surface area contributed by atoms with E-state index in [0.29, 0.717) is 17.0 Å². The summed E-state index contributed by atoms with van der Waals surface area (Å²) in [5.41, 5.74) is 3.05. The maximum absolute atomic E-state index is 13.1. The normalized spacial score (nSPS) is 16.3. The molecule has 1 aliphatic heterocycles. The predicted molar refractivity (Wildman–Crippen MR) is 98.8 cm³/mol. The third-order valence-corrected chi connectivity index (χ3v) is 4.75. The van der Waals surface area contributed by atoms with Gasteiger partial charge in [-0.2, -0.15) is 0 Å². The molecule has 0 aliphatic carbocycles. The number of ether oxygens (including phenoxy) is 2. The Labute approximate surface area is 153 Å². The van der Waals surface area contributed by atoms with Crippen LogP contribution in [0.25, 0.3) is 0 Å². The van der Waals surface area contributed by atoms with Crippen LogP contribution in [0, 0.1) is 6.92 Å². The number of benzene rings is 1. The highest BCUT2D eigenvalue weighted by atomic mass is 16.5. The first-order chi connectivity index (χ1) is 12.4. The number of hydrogen-bond acceptors (Lipinski definition) is 4. The predicted octanol–water partition coefficient (Wildman–Crippen LogP) is 3.87. The number of esters is 1. The molecule has 0 saturated carbocycles. The van der Waals surface area contributed by atoms with Crippen molar-refractivity contribution in [1.82, 2.24) is 4.57 Å². The molecule has 0 N–H and O–H groups in total. The molecule has 3 rings (SSSR count). The fraction of sp³-hybridized carbons (Fsp3) is 0.429. The molecule has 5 heteroatoms. The summed E-state index contributed by atoms with van der Waals surface area (Å²) in [6, 6.07) is 9.07. The van der Waals surface area contributed by atoms with Crippen LogP contribution >= 0.6 is 0 Å². The Morgan fingerprint density at radius 1 is 1.19 bits per heavy atom. The van der Waals surface area contributed by atoms with Crippen LogP contribution in [0.2, 0.25) is 0 Å². The van der Waals surface area contributed by atoms with Crippen molar-refractivity contribution in [2.24, 2.45) is 0 Å². The zero-order chi connectivity index (χ0) is 18.8. The molecule has 0 bridgehead atoms. The zero-order valence-electron chi connectivity index (χ0n) is 15.7. The summed E-state index contributed by atoms with van der Waals surface area (Å²) in [6.45, 7) is 6.37. The Balaban J connectivity index is 1.96. The number of aryl methyl sites for hydroxylation is 1. The molecule has 26 heavy (non-hydrogen) atoms. The van der Waals surface area contributed by atoms with Crippen LogP contribution in [0.3, 0.4) is 0 Å². The second-order valence-corrected chi connectivity index (χ2v) is 6.99. The SMILES string of the molecule is COc1ccc(C(=O)c2c(C)cc3n2CCCC3C(=O)OC(C)C)cc1. The number of carbonyl (C=O) groups excluding carboxylic acids is 2. The number of ketones is 1. The number of aromatic nitrogens is 1. The van der Waals surface area contributed by atoms with Crippen LogP contribution in [0.15, 0.2) is 30.3 Å². The highest BCUT2D eigenvalue weighted by Gasteiger charge is 2.32. The van der Waals surface area contributed by atoms with Gasteiger partial charge in [-0.25, -0.2) is 0 Å². The van der Waals surface area contributed by atoms with E-state index in [1.54, 1.807) is 31.4 Å². The van der Waals surface area contributed by atoms with E-state index in [1.807, 2.05) is 31.4 Å². The van der Waals surface area contributed by atoms with Crippen LogP contribution in [0.1, 0.15) is 59.9 Å². The first kappa shape index (κ1) is 18.2. The van der Waals surface area contributed by atoms with Gasteiger partial charge < -0.3 is 14.0 Å². The Morgan fingerprint density at radius 2 is 1.88 bits per heavy atom. The maximum atomic E-state index is 13.1. The van der Waals surface area contributed by atoms with Crippen molar-refractivity contribution in [3.8, 4) is 5.75 Å². The summed E-state index contributed by atoms with van der Waals surface area (Å²) >= 11 is 0. The molecule has 1 atom stereocenters. The molecule has 0 amide bonds. The molecule has 1 unspecified atom stereocenters. The molecular weight excluding hydrogens is 330 g/mol. The quantitative estimate of drug-likeness (QED) is 0.603. The van der Waals surface area contributed by atoms with Gasteiger partial charge in [-0.3, -0.25) is 9.59 Å². The molecule has 0 saturated heterocycles. The summed E-state index contributed by atoms with van der Waals surface area (Å²) in [5.74, 6) is 0.172. The molecule has 1 aromatic carbocycles. The van der Waals surface area contributed by atoms with E-state index in [9.17, 15) is 9.59 Å². The lowest BCUT2D eigenvalue weighted by atomic mass is 9.96. The molecule has 2 aromatic rings. The smallest absolute Gasteiger partial charge is 0.315 e. The van der Waals surface area contributed by atoms with Crippen molar-refractivity contribution in [1.29, 1.82) is 0 Å². The van der Waals surface area contributed by atoms with E-state index in [1.165, 1.54) is 0 Å². The van der Waals surface area contributed by atoms with E-state index >= 15 is 0 Å². The van der Waals surface area contributed by atoms with Gasteiger partial charge in [0.25, 0.3) is 0 Å². The van der Waals surface area contributed by atoms with Gasteiger partial charge in [0, 0.05) is 17.8 Å². The first-order valence-electron chi connectivity index (χ1n) is 9.01. The minimum absolute atomic E-state index is 0.0331. The molecule has 0 radical (unpaired) electrons. The molecule has 1 aliphatic rings. The first-order valence-corrected chi connectivity index (χ1v) is 9.01.